The van der Waals surface area contributed by atoms with Crippen LogP contribution < -0.4 is 9.47 Å². The third-order valence-corrected chi connectivity index (χ3v) is 4.31. The summed E-state index contributed by atoms with van der Waals surface area (Å²) in [6.45, 7) is 3.49. The number of benzene rings is 1. The molecule has 1 saturated heterocycles. The van der Waals surface area contributed by atoms with Crippen molar-refractivity contribution in [3.63, 3.8) is 0 Å². The fourth-order valence-electron chi connectivity index (χ4n) is 3.25. The highest BCUT2D eigenvalue weighted by Gasteiger charge is 2.43. The minimum atomic E-state index is -0.649. The molecular formula is C16H20N2O3. The highest BCUT2D eigenvalue weighted by molar-refractivity contribution is 5.52. The summed E-state index contributed by atoms with van der Waals surface area (Å²) in [6.07, 6.45) is 1.62. The molecule has 0 N–H and O–H groups in total. The first-order valence-corrected chi connectivity index (χ1v) is 7.36. The molecule has 2 heterocycles. The van der Waals surface area contributed by atoms with Gasteiger partial charge in [-0.05, 0) is 18.9 Å². The predicted molar refractivity (Wildman–Crippen MR) is 77.4 cm³/mol. The second kappa shape index (κ2) is 5.92. The first-order valence-electron chi connectivity index (χ1n) is 7.36. The molecule has 2 aliphatic rings. The van der Waals surface area contributed by atoms with E-state index >= 15 is 0 Å². The molecule has 1 aromatic rings. The first kappa shape index (κ1) is 14.2. The van der Waals surface area contributed by atoms with E-state index in [0.717, 1.165) is 31.5 Å². The van der Waals surface area contributed by atoms with E-state index in [1.54, 1.807) is 7.11 Å². The highest BCUT2D eigenvalue weighted by Crippen LogP contribution is 2.45. The summed E-state index contributed by atoms with van der Waals surface area (Å²) < 4.78 is 16.7. The zero-order valence-corrected chi connectivity index (χ0v) is 12.3. The number of fused-ring (bicyclic) bond motifs is 1. The van der Waals surface area contributed by atoms with E-state index in [1.807, 2.05) is 18.2 Å². The molecule has 21 heavy (non-hydrogen) atoms. The maximum atomic E-state index is 10.0. The molecular weight excluding hydrogens is 268 g/mol. The highest BCUT2D eigenvalue weighted by atomic mass is 16.5. The van der Waals surface area contributed by atoms with E-state index < -0.39 is 5.54 Å². The number of hydrogen-bond donors (Lipinski definition) is 0. The van der Waals surface area contributed by atoms with Gasteiger partial charge in [0.2, 0.25) is 0 Å². The lowest BCUT2D eigenvalue weighted by molar-refractivity contribution is -0.00765. The van der Waals surface area contributed by atoms with Crippen LogP contribution in [0.2, 0.25) is 0 Å². The lowest BCUT2D eigenvalue weighted by atomic mass is 9.84. The van der Waals surface area contributed by atoms with E-state index in [-0.39, 0.29) is 0 Å². The molecule has 0 spiro atoms. The van der Waals surface area contributed by atoms with Crippen molar-refractivity contribution < 1.29 is 14.2 Å². The van der Waals surface area contributed by atoms with Gasteiger partial charge in [-0.25, -0.2) is 0 Å². The van der Waals surface area contributed by atoms with Crippen molar-refractivity contribution >= 4 is 0 Å². The van der Waals surface area contributed by atoms with Crippen molar-refractivity contribution in [2.75, 3.05) is 40.0 Å². The Morgan fingerprint density at radius 2 is 2.10 bits per heavy atom. The number of ether oxygens (including phenoxy) is 3. The Kier molecular flexibility index (Phi) is 4.00. The number of nitrogens with zero attached hydrogens (tertiary/aromatic N) is 2. The van der Waals surface area contributed by atoms with Crippen molar-refractivity contribution in [2.45, 2.75) is 18.4 Å². The van der Waals surface area contributed by atoms with Crippen molar-refractivity contribution in [1.82, 2.24) is 4.90 Å². The Hall–Kier alpha value is -1.77. The first-order chi connectivity index (χ1) is 10.3. The van der Waals surface area contributed by atoms with Gasteiger partial charge >= 0.3 is 0 Å². The summed E-state index contributed by atoms with van der Waals surface area (Å²) in [7, 11) is 1.63. The summed E-state index contributed by atoms with van der Waals surface area (Å²) >= 11 is 0. The average molecular weight is 288 g/mol. The summed E-state index contributed by atoms with van der Waals surface area (Å²) in [5.41, 5.74) is 0.271. The minimum Gasteiger partial charge on any atom is -0.493 e. The molecule has 0 radical (unpaired) electrons. The molecule has 0 aromatic heterocycles. The van der Waals surface area contributed by atoms with E-state index in [4.69, 9.17) is 14.2 Å². The van der Waals surface area contributed by atoms with Gasteiger partial charge in [-0.15, -0.1) is 0 Å². The van der Waals surface area contributed by atoms with Crippen LogP contribution in [0.3, 0.4) is 0 Å². The maximum Gasteiger partial charge on any atom is 0.167 e. The molecule has 5 heteroatoms. The topological polar surface area (TPSA) is 54.7 Å². The molecule has 1 aromatic carbocycles. The lowest BCUT2D eigenvalue weighted by Gasteiger charge is -2.40. The standard InChI is InChI=1S/C16H20N2O3/c1-19-14-5-2-4-13-15(14)21-9-3-6-16(13,12-17)18-7-10-20-11-8-18/h2,4-5H,3,6-11H2,1H3. The van der Waals surface area contributed by atoms with Gasteiger partial charge in [0.15, 0.2) is 11.5 Å². The predicted octanol–water partition coefficient (Wildman–Crippen LogP) is 1.92. The van der Waals surface area contributed by atoms with Gasteiger partial charge in [-0.3, -0.25) is 4.90 Å². The quantitative estimate of drug-likeness (QED) is 0.832. The third-order valence-electron chi connectivity index (χ3n) is 4.31. The molecule has 0 saturated carbocycles. The normalized spacial score (nSPS) is 26.1. The van der Waals surface area contributed by atoms with Crippen molar-refractivity contribution in [3.8, 4) is 17.6 Å². The van der Waals surface area contributed by atoms with Crippen LogP contribution in [-0.4, -0.2) is 44.9 Å². The van der Waals surface area contributed by atoms with Gasteiger partial charge in [0.05, 0.1) is 33.0 Å². The number of nitriles is 1. The molecule has 112 valence electrons. The fraction of sp³-hybridized carbons (Fsp3) is 0.562. The van der Waals surface area contributed by atoms with Gasteiger partial charge in [-0.1, -0.05) is 12.1 Å². The maximum absolute atomic E-state index is 10.0. The number of para-hydroxylation sites is 1. The van der Waals surface area contributed by atoms with Crippen molar-refractivity contribution in [1.29, 1.82) is 5.26 Å². The molecule has 0 aliphatic carbocycles. The van der Waals surface area contributed by atoms with Crippen LogP contribution in [0.5, 0.6) is 11.5 Å². The van der Waals surface area contributed by atoms with Crippen molar-refractivity contribution in [2.24, 2.45) is 0 Å². The SMILES string of the molecule is COc1cccc2c1OCCCC2(C#N)N1CCOCC1. The molecule has 3 rings (SSSR count). The molecule has 1 fully saturated rings. The second-order valence-corrected chi connectivity index (χ2v) is 5.36. The molecule has 0 bridgehead atoms. The minimum absolute atomic E-state index is 0.612. The Morgan fingerprint density at radius 1 is 1.29 bits per heavy atom. The van der Waals surface area contributed by atoms with Crippen LogP contribution >= 0.6 is 0 Å². The van der Waals surface area contributed by atoms with Crippen LogP contribution in [0.1, 0.15) is 18.4 Å². The monoisotopic (exact) mass is 288 g/mol. The van der Waals surface area contributed by atoms with Crippen LogP contribution in [0.15, 0.2) is 18.2 Å². The number of hydrogen-bond acceptors (Lipinski definition) is 5. The Morgan fingerprint density at radius 3 is 2.81 bits per heavy atom. The van der Waals surface area contributed by atoms with Gasteiger partial charge in [0, 0.05) is 18.7 Å². The second-order valence-electron chi connectivity index (χ2n) is 5.36. The van der Waals surface area contributed by atoms with Gasteiger partial charge < -0.3 is 14.2 Å². The third kappa shape index (κ3) is 2.35. The molecule has 0 amide bonds. The van der Waals surface area contributed by atoms with Crippen LogP contribution in [-0.2, 0) is 10.3 Å². The summed E-state index contributed by atoms with van der Waals surface area (Å²) in [5.74, 6) is 1.41. The summed E-state index contributed by atoms with van der Waals surface area (Å²) in [6, 6.07) is 8.37. The van der Waals surface area contributed by atoms with Crippen molar-refractivity contribution in [3.05, 3.63) is 23.8 Å². The van der Waals surface area contributed by atoms with Crippen LogP contribution in [0.4, 0.5) is 0 Å². The fourth-order valence-corrected chi connectivity index (χ4v) is 3.25. The van der Waals surface area contributed by atoms with E-state index in [2.05, 4.69) is 11.0 Å². The van der Waals surface area contributed by atoms with Crippen LogP contribution in [0, 0.1) is 11.3 Å². The number of morpholine rings is 1. The number of methoxy groups -OCH3 is 1. The molecule has 5 nitrogen and oxygen atoms in total. The van der Waals surface area contributed by atoms with Gasteiger partial charge in [0.1, 0.15) is 5.54 Å². The van der Waals surface area contributed by atoms with E-state index in [1.165, 1.54) is 0 Å². The van der Waals surface area contributed by atoms with E-state index in [0.29, 0.717) is 31.3 Å². The van der Waals surface area contributed by atoms with E-state index in [9.17, 15) is 5.26 Å². The molecule has 1 atom stereocenters. The Labute approximate surface area is 125 Å². The summed E-state index contributed by atoms with van der Waals surface area (Å²) in [5, 5.41) is 10.0. The largest absolute Gasteiger partial charge is 0.493 e. The lowest BCUT2D eigenvalue weighted by Crippen LogP contribution is -2.50. The summed E-state index contributed by atoms with van der Waals surface area (Å²) in [4.78, 5) is 2.23. The van der Waals surface area contributed by atoms with Gasteiger partial charge in [0.25, 0.3) is 0 Å². The van der Waals surface area contributed by atoms with Gasteiger partial charge in [-0.2, -0.15) is 5.26 Å². The Bertz CT molecular complexity index is 549. The Balaban J connectivity index is 2.11. The smallest absolute Gasteiger partial charge is 0.167 e. The number of rotatable bonds is 2. The molecule has 1 unspecified atom stereocenters. The zero-order valence-electron chi connectivity index (χ0n) is 12.3. The average Bonchev–Trinajstić information content (AvgIpc) is 2.75. The molecule has 2 aliphatic heterocycles. The van der Waals surface area contributed by atoms with Crippen LogP contribution in [0.25, 0.3) is 0 Å². The zero-order chi connectivity index (χ0) is 14.7.